The number of hydrogen-bond donors (Lipinski definition) is 1. The molecule has 29 heavy (non-hydrogen) atoms. The molecule has 0 heterocycles. The van der Waals surface area contributed by atoms with E-state index in [9.17, 15) is 13.2 Å². The smallest absolute Gasteiger partial charge is 0.264 e. The molecule has 3 aromatic rings. The monoisotopic (exact) mass is 408 g/mol. The summed E-state index contributed by atoms with van der Waals surface area (Å²) in [5.41, 5.74) is 2.49. The Kier molecular flexibility index (Phi) is 6.67. The number of amides is 1. The maximum Gasteiger partial charge on any atom is 0.264 e. The molecule has 0 saturated heterocycles. The van der Waals surface area contributed by atoms with Crippen LogP contribution in [0, 0.1) is 6.92 Å². The van der Waals surface area contributed by atoms with E-state index in [2.05, 4.69) is 5.32 Å². The largest absolute Gasteiger partial charge is 0.354 e. The van der Waals surface area contributed by atoms with Gasteiger partial charge in [0, 0.05) is 6.54 Å². The number of nitrogens with one attached hydrogen (secondary N) is 1. The van der Waals surface area contributed by atoms with Crippen LogP contribution in [0.4, 0.5) is 5.69 Å². The van der Waals surface area contributed by atoms with Gasteiger partial charge in [-0.1, -0.05) is 60.7 Å². The molecule has 0 spiro atoms. The Bertz CT molecular complexity index is 1050. The zero-order chi connectivity index (χ0) is 20.7. The highest BCUT2D eigenvalue weighted by Gasteiger charge is 2.27. The van der Waals surface area contributed by atoms with Crippen LogP contribution in [0.2, 0.25) is 0 Å². The number of carbonyl (C=O) groups excluding carboxylic acids is 1. The van der Waals surface area contributed by atoms with Crippen LogP contribution in [-0.2, 0) is 21.2 Å². The number of hydrogen-bond acceptors (Lipinski definition) is 3. The molecule has 150 valence electrons. The molecule has 1 amide bonds. The summed E-state index contributed by atoms with van der Waals surface area (Å²) in [6.07, 6.45) is 0.683. The second kappa shape index (κ2) is 9.39. The molecule has 0 fully saturated rings. The van der Waals surface area contributed by atoms with Gasteiger partial charge in [0.2, 0.25) is 5.91 Å². The number of carbonyl (C=O) groups is 1. The zero-order valence-corrected chi connectivity index (χ0v) is 17.1. The third-order valence-electron chi connectivity index (χ3n) is 4.49. The third-order valence-corrected chi connectivity index (χ3v) is 6.27. The number of rotatable bonds is 8. The third kappa shape index (κ3) is 5.45. The van der Waals surface area contributed by atoms with Gasteiger partial charge in [-0.3, -0.25) is 9.10 Å². The fourth-order valence-corrected chi connectivity index (χ4v) is 4.43. The molecule has 6 heteroatoms. The van der Waals surface area contributed by atoms with E-state index in [0.717, 1.165) is 15.4 Å². The number of aryl methyl sites for hydroxylation is 1. The molecule has 0 atom stereocenters. The predicted octanol–water partition coefficient (Wildman–Crippen LogP) is 3.55. The first kappa shape index (κ1) is 20.6. The summed E-state index contributed by atoms with van der Waals surface area (Å²) in [5.74, 6) is -0.345. The van der Waals surface area contributed by atoms with Crippen molar-refractivity contribution >= 4 is 21.6 Å². The van der Waals surface area contributed by atoms with Crippen LogP contribution in [0.15, 0.2) is 89.8 Å². The summed E-state index contributed by atoms with van der Waals surface area (Å²) < 4.78 is 27.6. The van der Waals surface area contributed by atoms with Crippen molar-refractivity contribution < 1.29 is 13.2 Å². The molecule has 3 rings (SSSR count). The first-order valence-electron chi connectivity index (χ1n) is 9.42. The van der Waals surface area contributed by atoms with Gasteiger partial charge in [0.05, 0.1) is 10.6 Å². The van der Waals surface area contributed by atoms with E-state index in [1.54, 1.807) is 36.4 Å². The van der Waals surface area contributed by atoms with Crippen LogP contribution in [0.5, 0.6) is 0 Å². The van der Waals surface area contributed by atoms with Crippen molar-refractivity contribution in [3.05, 3.63) is 96.1 Å². The van der Waals surface area contributed by atoms with Gasteiger partial charge >= 0.3 is 0 Å². The minimum absolute atomic E-state index is 0.151. The maximum atomic E-state index is 13.2. The number of nitrogens with zero attached hydrogens (tertiary/aromatic N) is 1. The van der Waals surface area contributed by atoms with E-state index in [4.69, 9.17) is 0 Å². The van der Waals surface area contributed by atoms with Crippen molar-refractivity contribution in [1.82, 2.24) is 5.32 Å². The van der Waals surface area contributed by atoms with Crippen LogP contribution >= 0.6 is 0 Å². The highest BCUT2D eigenvalue weighted by Crippen LogP contribution is 2.24. The van der Waals surface area contributed by atoms with Gasteiger partial charge in [-0.25, -0.2) is 8.42 Å². The zero-order valence-electron chi connectivity index (χ0n) is 16.3. The summed E-state index contributed by atoms with van der Waals surface area (Å²) in [4.78, 5) is 12.7. The summed E-state index contributed by atoms with van der Waals surface area (Å²) in [7, 11) is -3.87. The molecule has 3 aromatic carbocycles. The predicted molar refractivity (Wildman–Crippen MR) is 115 cm³/mol. The first-order valence-corrected chi connectivity index (χ1v) is 10.9. The fraction of sp³-hybridized carbons (Fsp3) is 0.174. The van der Waals surface area contributed by atoms with Gasteiger partial charge in [-0.05, 0) is 48.7 Å². The number of sulfonamides is 1. The van der Waals surface area contributed by atoms with Gasteiger partial charge in [-0.2, -0.15) is 0 Å². The molecule has 0 aliphatic heterocycles. The molecule has 1 N–H and O–H groups in total. The lowest BCUT2D eigenvalue weighted by Crippen LogP contribution is -2.41. The lowest BCUT2D eigenvalue weighted by atomic mass is 10.1. The molecule has 0 bridgehead atoms. The van der Waals surface area contributed by atoms with Crippen molar-refractivity contribution in [2.24, 2.45) is 0 Å². The van der Waals surface area contributed by atoms with Crippen molar-refractivity contribution in [2.45, 2.75) is 18.2 Å². The van der Waals surface area contributed by atoms with Crippen molar-refractivity contribution in [3.8, 4) is 0 Å². The van der Waals surface area contributed by atoms with Gasteiger partial charge in [-0.15, -0.1) is 0 Å². The SMILES string of the molecule is Cc1cccc(N(CC(=O)NCCc2ccccc2)S(=O)(=O)c2ccccc2)c1. The Morgan fingerprint density at radius 2 is 1.55 bits per heavy atom. The Morgan fingerprint density at radius 1 is 0.897 bits per heavy atom. The fourth-order valence-electron chi connectivity index (χ4n) is 3.00. The Balaban J connectivity index is 1.77. The van der Waals surface area contributed by atoms with E-state index in [1.165, 1.54) is 12.1 Å². The summed E-state index contributed by atoms with van der Waals surface area (Å²) >= 11 is 0. The minimum Gasteiger partial charge on any atom is -0.354 e. The first-order chi connectivity index (χ1) is 14.0. The van der Waals surface area contributed by atoms with Gasteiger partial charge in [0.15, 0.2) is 0 Å². The van der Waals surface area contributed by atoms with Gasteiger partial charge in [0.1, 0.15) is 6.54 Å². The second-order valence-corrected chi connectivity index (χ2v) is 8.61. The molecule has 0 saturated carbocycles. The Labute approximate surface area is 172 Å². The molecule has 0 aliphatic carbocycles. The lowest BCUT2D eigenvalue weighted by Gasteiger charge is -2.24. The quantitative estimate of drug-likeness (QED) is 0.620. The van der Waals surface area contributed by atoms with Gasteiger partial charge < -0.3 is 5.32 Å². The Morgan fingerprint density at radius 3 is 2.21 bits per heavy atom. The van der Waals surface area contributed by atoms with E-state index in [1.807, 2.05) is 43.3 Å². The molecule has 0 aromatic heterocycles. The average molecular weight is 409 g/mol. The normalized spacial score (nSPS) is 11.1. The molecule has 0 unspecified atom stereocenters. The lowest BCUT2D eigenvalue weighted by molar-refractivity contribution is -0.119. The van der Waals surface area contributed by atoms with Crippen molar-refractivity contribution in [2.75, 3.05) is 17.4 Å². The number of benzene rings is 3. The molecule has 0 radical (unpaired) electrons. The molecular weight excluding hydrogens is 384 g/mol. The standard InChI is InChI=1S/C23H24N2O3S/c1-19-9-8-12-21(17-19)25(29(27,28)22-13-6-3-7-14-22)18-23(26)24-16-15-20-10-4-2-5-11-20/h2-14,17H,15-16,18H2,1H3,(H,24,26). The highest BCUT2D eigenvalue weighted by molar-refractivity contribution is 7.92. The molecule has 5 nitrogen and oxygen atoms in total. The van der Waals surface area contributed by atoms with Crippen LogP contribution in [-0.4, -0.2) is 27.4 Å². The summed E-state index contributed by atoms with van der Waals surface area (Å²) in [5, 5.41) is 2.82. The minimum atomic E-state index is -3.87. The van der Waals surface area contributed by atoms with Crippen molar-refractivity contribution in [1.29, 1.82) is 0 Å². The summed E-state index contributed by atoms with van der Waals surface area (Å²) in [6.45, 7) is 2.04. The van der Waals surface area contributed by atoms with Gasteiger partial charge in [0.25, 0.3) is 10.0 Å². The van der Waals surface area contributed by atoms with E-state index in [-0.39, 0.29) is 17.3 Å². The van der Waals surface area contributed by atoms with Crippen molar-refractivity contribution in [3.63, 3.8) is 0 Å². The van der Waals surface area contributed by atoms with E-state index < -0.39 is 10.0 Å². The molecule has 0 aliphatic rings. The number of anilines is 1. The average Bonchev–Trinajstić information content (AvgIpc) is 2.73. The second-order valence-electron chi connectivity index (χ2n) is 6.75. The maximum absolute atomic E-state index is 13.2. The van der Waals surface area contributed by atoms with E-state index >= 15 is 0 Å². The highest BCUT2D eigenvalue weighted by atomic mass is 32.2. The topological polar surface area (TPSA) is 66.5 Å². The van der Waals surface area contributed by atoms with Crippen LogP contribution in [0.3, 0.4) is 0 Å². The van der Waals surface area contributed by atoms with Crippen LogP contribution in [0.1, 0.15) is 11.1 Å². The Hall–Kier alpha value is -3.12. The molecular formula is C23H24N2O3S. The van der Waals surface area contributed by atoms with Crippen LogP contribution < -0.4 is 9.62 Å². The van der Waals surface area contributed by atoms with Crippen LogP contribution in [0.25, 0.3) is 0 Å². The van der Waals surface area contributed by atoms with E-state index in [0.29, 0.717) is 18.7 Å². The summed E-state index contributed by atoms with van der Waals surface area (Å²) in [6, 6.07) is 25.1.